The predicted octanol–water partition coefficient (Wildman–Crippen LogP) is 3.81. The van der Waals surface area contributed by atoms with Gasteiger partial charge in [0.2, 0.25) is 5.28 Å². The summed E-state index contributed by atoms with van der Waals surface area (Å²) < 4.78 is 5.45. The van der Waals surface area contributed by atoms with Crippen LogP contribution in [-0.2, 0) is 4.74 Å². The molecule has 0 aliphatic carbocycles. The van der Waals surface area contributed by atoms with E-state index >= 15 is 0 Å². The molecule has 0 bridgehead atoms. The largest absolute Gasteiger partial charge is 0.444 e. The number of aromatic amines is 1. The fourth-order valence-corrected chi connectivity index (χ4v) is 3.42. The molecule has 1 aliphatic rings. The van der Waals surface area contributed by atoms with Crippen molar-refractivity contribution in [3.05, 3.63) is 35.7 Å². The first kappa shape index (κ1) is 20.2. The topological polar surface area (TPSA) is 99.3 Å². The molecule has 1 aliphatic heterocycles. The number of rotatable bonds is 3. The second-order valence-corrected chi connectivity index (χ2v) is 8.47. The fourth-order valence-electron chi connectivity index (χ4n) is 3.24. The third kappa shape index (κ3) is 4.73. The quantitative estimate of drug-likeness (QED) is 0.610. The highest BCUT2D eigenvalue weighted by molar-refractivity contribution is 6.28. The van der Waals surface area contributed by atoms with E-state index < -0.39 is 5.60 Å². The van der Waals surface area contributed by atoms with Crippen LogP contribution >= 0.6 is 11.6 Å². The van der Waals surface area contributed by atoms with Crippen molar-refractivity contribution in [2.75, 3.05) is 36.4 Å². The van der Waals surface area contributed by atoms with Crippen LogP contribution in [0.4, 0.5) is 22.1 Å². The van der Waals surface area contributed by atoms with Crippen molar-refractivity contribution in [1.82, 2.24) is 25.1 Å². The molecular formula is C20H24ClN7O2. The Balaban J connectivity index is 1.44. The molecule has 1 aromatic carbocycles. The van der Waals surface area contributed by atoms with Gasteiger partial charge in [-0.05, 0) is 50.6 Å². The lowest BCUT2D eigenvalue weighted by molar-refractivity contribution is 0.0240. The molecule has 2 N–H and O–H groups in total. The van der Waals surface area contributed by atoms with E-state index in [1.54, 1.807) is 11.1 Å². The summed E-state index contributed by atoms with van der Waals surface area (Å²) in [5, 5.41) is 11.4. The number of fused-ring (bicyclic) bond motifs is 1. The first-order chi connectivity index (χ1) is 14.3. The molecule has 10 heteroatoms. The van der Waals surface area contributed by atoms with Crippen LogP contribution in [0.2, 0.25) is 5.28 Å². The normalized spacial score (nSPS) is 14.8. The number of carbonyl (C=O) groups is 1. The summed E-state index contributed by atoms with van der Waals surface area (Å²) in [7, 11) is 0. The highest BCUT2D eigenvalue weighted by Gasteiger charge is 2.26. The molecule has 30 heavy (non-hydrogen) atoms. The molecule has 4 rings (SSSR count). The molecule has 3 aromatic rings. The molecule has 1 saturated heterocycles. The number of carbonyl (C=O) groups excluding carboxylic acids is 1. The fraction of sp³-hybridized carbons (Fsp3) is 0.400. The van der Waals surface area contributed by atoms with E-state index in [2.05, 4.69) is 30.4 Å². The summed E-state index contributed by atoms with van der Waals surface area (Å²) in [5.74, 6) is 1.31. The van der Waals surface area contributed by atoms with Gasteiger partial charge in [-0.3, -0.25) is 5.10 Å². The van der Waals surface area contributed by atoms with Gasteiger partial charge in [-0.2, -0.15) is 5.10 Å². The highest BCUT2D eigenvalue weighted by Crippen LogP contribution is 2.24. The van der Waals surface area contributed by atoms with E-state index in [0.29, 0.717) is 37.8 Å². The lowest BCUT2D eigenvalue weighted by Gasteiger charge is -2.36. The van der Waals surface area contributed by atoms with Gasteiger partial charge in [-0.15, -0.1) is 0 Å². The van der Waals surface area contributed by atoms with Gasteiger partial charge in [-0.25, -0.2) is 14.8 Å². The van der Waals surface area contributed by atoms with Crippen LogP contribution in [0.5, 0.6) is 0 Å². The average Bonchev–Trinajstić information content (AvgIpc) is 3.14. The van der Waals surface area contributed by atoms with Gasteiger partial charge < -0.3 is 19.9 Å². The number of piperazine rings is 1. The van der Waals surface area contributed by atoms with Gasteiger partial charge in [-0.1, -0.05) is 0 Å². The van der Waals surface area contributed by atoms with Gasteiger partial charge in [0.15, 0.2) is 0 Å². The van der Waals surface area contributed by atoms with Crippen LogP contribution in [0.15, 0.2) is 30.5 Å². The molecule has 0 atom stereocenters. The third-order valence-corrected chi connectivity index (χ3v) is 4.82. The number of ether oxygens (including phenoxy) is 1. The summed E-state index contributed by atoms with van der Waals surface area (Å²) in [6.07, 6.45) is 1.48. The van der Waals surface area contributed by atoms with Gasteiger partial charge >= 0.3 is 6.09 Å². The maximum atomic E-state index is 12.3. The Bertz CT molecular complexity index is 1050. The molecule has 0 unspecified atom stereocenters. The Morgan fingerprint density at radius 2 is 1.93 bits per heavy atom. The first-order valence-electron chi connectivity index (χ1n) is 9.74. The second-order valence-electron chi connectivity index (χ2n) is 8.13. The van der Waals surface area contributed by atoms with Crippen LogP contribution in [0.3, 0.4) is 0 Å². The Labute approximate surface area is 179 Å². The number of halogens is 1. The number of nitrogens with one attached hydrogen (secondary N) is 2. The van der Waals surface area contributed by atoms with Crippen molar-refractivity contribution in [2.24, 2.45) is 0 Å². The van der Waals surface area contributed by atoms with Crippen LogP contribution in [0.1, 0.15) is 20.8 Å². The number of amides is 1. The molecule has 1 amide bonds. The van der Waals surface area contributed by atoms with Gasteiger partial charge in [0.1, 0.15) is 17.2 Å². The number of H-pyrrole nitrogens is 1. The van der Waals surface area contributed by atoms with Crippen LogP contribution in [0.25, 0.3) is 10.9 Å². The molecule has 1 fully saturated rings. The van der Waals surface area contributed by atoms with E-state index in [9.17, 15) is 4.79 Å². The summed E-state index contributed by atoms with van der Waals surface area (Å²) in [5.41, 5.74) is 1.33. The molecule has 2 aromatic heterocycles. The molecule has 158 valence electrons. The number of benzene rings is 1. The van der Waals surface area contributed by atoms with E-state index in [1.165, 1.54) is 0 Å². The molecule has 9 nitrogen and oxygen atoms in total. The van der Waals surface area contributed by atoms with Crippen molar-refractivity contribution in [3.63, 3.8) is 0 Å². The maximum Gasteiger partial charge on any atom is 0.410 e. The smallest absolute Gasteiger partial charge is 0.410 e. The maximum absolute atomic E-state index is 12.3. The zero-order valence-corrected chi connectivity index (χ0v) is 17.9. The van der Waals surface area contributed by atoms with E-state index in [0.717, 1.165) is 16.6 Å². The van der Waals surface area contributed by atoms with Crippen molar-refractivity contribution in [2.45, 2.75) is 26.4 Å². The third-order valence-electron chi connectivity index (χ3n) is 4.65. The standard InChI is InChI=1S/C20H24ClN7O2/c1-20(2,3)30-19(29)28-8-6-27(7-9-28)17-11-16(24-18(21)25-17)23-14-4-5-15-13(10-14)12-22-26-15/h4-5,10-12H,6-9H2,1-3H3,(H,22,26)(H,23,24,25). The number of anilines is 3. The molecule has 0 spiro atoms. The van der Waals surface area contributed by atoms with Crippen LogP contribution < -0.4 is 10.2 Å². The zero-order valence-electron chi connectivity index (χ0n) is 17.1. The average molecular weight is 430 g/mol. The lowest BCUT2D eigenvalue weighted by Crippen LogP contribution is -2.50. The number of hydrogen-bond acceptors (Lipinski definition) is 7. The Kier molecular flexibility index (Phi) is 5.38. The minimum atomic E-state index is -0.506. The molecular weight excluding hydrogens is 406 g/mol. The summed E-state index contributed by atoms with van der Waals surface area (Å²) in [4.78, 5) is 24.7. The Morgan fingerprint density at radius 3 is 2.67 bits per heavy atom. The second kappa shape index (κ2) is 7.98. The highest BCUT2D eigenvalue weighted by atomic mass is 35.5. The lowest BCUT2D eigenvalue weighted by atomic mass is 10.2. The van der Waals surface area contributed by atoms with Crippen LogP contribution in [-0.4, -0.2) is 62.9 Å². The van der Waals surface area contributed by atoms with E-state index in [4.69, 9.17) is 16.3 Å². The van der Waals surface area contributed by atoms with Crippen molar-refractivity contribution in [1.29, 1.82) is 0 Å². The van der Waals surface area contributed by atoms with Gasteiger partial charge in [0.05, 0.1) is 11.7 Å². The number of hydrogen-bond donors (Lipinski definition) is 2. The van der Waals surface area contributed by atoms with Crippen molar-refractivity contribution >= 4 is 45.9 Å². The minimum absolute atomic E-state index is 0.161. The summed E-state index contributed by atoms with van der Waals surface area (Å²) in [6, 6.07) is 7.72. The molecule has 3 heterocycles. The summed E-state index contributed by atoms with van der Waals surface area (Å²) in [6.45, 7) is 7.96. The minimum Gasteiger partial charge on any atom is -0.444 e. The SMILES string of the molecule is CC(C)(C)OC(=O)N1CCN(c2cc(Nc3ccc4[nH]ncc4c3)nc(Cl)n2)CC1. The van der Waals surface area contributed by atoms with Crippen molar-refractivity contribution in [3.8, 4) is 0 Å². The van der Waals surface area contributed by atoms with Gasteiger partial charge in [0, 0.05) is 43.3 Å². The molecule has 0 radical (unpaired) electrons. The van der Waals surface area contributed by atoms with E-state index in [1.807, 2.05) is 45.0 Å². The van der Waals surface area contributed by atoms with E-state index in [-0.39, 0.29) is 11.4 Å². The monoisotopic (exact) mass is 429 g/mol. The predicted molar refractivity (Wildman–Crippen MR) is 116 cm³/mol. The van der Waals surface area contributed by atoms with Gasteiger partial charge in [0.25, 0.3) is 0 Å². The van der Waals surface area contributed by atoms with Crippen molar-refractivity contribution < 1.29 is 9.53 Å². The Hall–Kier alpha value is -3.07. The molecule has 0 saturated carbocycles. The number of nitrogens with zero attached hydrogens (tertiary/aromatic N) is 5. The summed E-state index contributed by atoms with van der Waals surface area (Å²) >= 11 is 6.18. The number of aromatic nitrogens is 4. The zero-order chi connectivity index (χ0) is 21.3. The Morgan fingerprint density at radius 1 is 1.17 bits per heavy atom. The van der Waals surface area contributed by atoms with Crippen LogP contribution in [0, 0.1) is 0 Å². The first-order valence-corrected chi connectivity index (χ1v) is 10.1.